The molecule has 25 heavy (non-hydrogen) atoms. The lowest BCUT2D eigenvalue weighted by Crippen LogP contribution is -2.35. The number of amides is 1. The summed E-state index contributed by atoms with van der Waals surface area (Å²) in [6, 6.07) is 10.4. The van der Waals surface area contributed by atoms with Crippen molar-refractivity contribution in [3.63, 3.8) is 0 Å². The Balaban J connectivity index is 1.54. The van der Waals surface area contributed by atoms with Gasteiger partial charge in [0.15, 0.2) is 6.10 Å². The van der Waals surface area contributed by atoms with E-state index in [1.807, 2.05) is 17.5 Å². The molecule has 0 spiro atoms. The zero-order chi connectivity index (χ0) is 17.6. The van der Waals surface area contributed by atoms with Gasteiger partial charge in [0.2, 0.25) is 0 Å². The van der Waals surface area contributed by atoms with E-state index in [0.29, 0.717) is 17.8 Å². The standard InChI is InChI=1S/C16H15N5O3S/c1-11(15(22)17-9-14-3-2-8-25-14)24-16(23)12-4-6-13(7-5-12)21-10-18-19-20-21/h2-8,10-11H,9H2,1H3,(H,17,22)/t11-/m1/s1. The predicted molar refractivity (Wildman–Crippen MR) is 90.2 cm³/mol. The van der Waals surface area contributed by atoms with Crippen LogP contribution in [-0.2, 0) is 16.1 Å². The first-order valence-electron chi connectivity index (χ1n) is 7.48. The second-order valence-corrected chi connectivity index (χ2v) is 6.18. The van der Waals surface area contributed by atoms with Gasteiger partial charge in [0.05, 0.1) is 17.8 Å². The number of benzene rings is 1. The third-order valence-electron chi connectivity index (χ3n) is 3.39. The van der Waals surface area contributed by atoms with E-state index in [-0.39, 0.29) is 5.91 Å². The molecule has 8 nitrogen and oxygen atoms in total. The van der Waals surface area contributed by atoms with Crippen LogP contribution in [0, 0.1) is 0 Å². The van der Waals surface area contributed by atoms with Gasteiger partial charge in [0.1, 0.15) is 6.33 Å². The van der Waals surface area contributed by atoms with Crippen molar-refractivity contribution in [2.75, 3.05) is 0 Å². The molecule has 0 radical (unpaired) electrons. The average Bonchev–Trinajstić information content (AvgIpc) is 3.33. The van der Waals surface area contributed by atoms with Crippen LogP contribution in [0.25, 0.3) is 5.69 Å². The number of nitrogens with one attached hydrogen (secondary N) is 1. The summed E-state index contributed by atoms with van der Waals surface area (Å²) in [5.41, 5.74) is 1.05. The van der Waals surface area contributed by atoms with Gasteiger partial charge in [-0.1, -0.05) is 6.07 Å². The van der Waals surface area contributed by atoms with Crippen molar-refractivity contribution in [3.8, 4) is 5.69 Å². The van der Waals surface area contributed by atoms with Crippen molar-refractivity contribution < 1.29 is 14.3 Å². The number of rotatable bonds is 6. The zero-order valence-corrected chi connectivity index (χ0v) is 14.1. The van der Waals surface area contributed by atoms with E-state index >= 15 is 0 Å². The molecule has 2 heterocycles. The Kier molecular flexibility index (Phi) is 5.14. The maximum Gasteiger partial charge on any atom is 0.338 e. The van der Waals surface area contributed by atoms with Crippen LogP contribution in [0.1, 0.15) is 22.2 Å². The number of nitrogens with zero attached hydrogens (tertiary/aromatic N) is 4. The van der Waals surface area contributed by atoms with Crippen molar-refractivity contribution >= 4 is 23.2 Å². The molecule has 0 saturated heterocycles. The molecule has 9 heteroatoms. The van der Waals surface area contributed by atoms with Crippen molar-refractivity contribution in [2.24, 2.45) is 0 Å². The highest BCUT2D eigenvalue weighted by Gasteiger charge is 2.18. The number of hydrogen-bond donors (Lipinski definition) is 1. The van der Waals surface area contributed by atoms with Gasteiger partial charge in [-0.25, -0.2) is 9.48 Å². The number of hydrogen-bond acceptors (Lipinski definition) is 7. The highest BCUT2D eigenvalue weighted by molar-refractivity contribution is 7.09. The summed E-state index contributed by atoms with van der Waals surface area (Å²) >= 11 is 1.55. The molecule has 1 N–H and O–H groups in total. The summed E-state index contributed by atoms with van der Waals surface area (Å²) in [5.74, 6) is -0.908. The minimum absolute atomic E-state index is 0.341. The molecule has 0 aliphatic heterocycles. The molecule has 0 aliphatic rings. The van der Waals surface area contributed by atoms with Gasteiger partial charge in [-0.15, -0.1) is 16.4 Å². The summed E-state index contributed by atoms with van der Waals surface area (Å²) in [6.07, 6.45) is 0.569. The number of thiophene rings is 1. The maximum absolute atomic E-state index is 12.1. The SMILES string of the molecule is C[C@@H](OC(=O)c1ccc(-n2cnnn2)cc1)C(=O)NCc1cccs1. The van der Waals surface area contributed by atoms with Crippen LogP contribution in [0.4, 0.5) is 0 Å². The Morgan fingerprint density at radius 1 is 1.28 bits per heavy atom. The molecule has 3 aromatic rings. The van der Waals surface area contributed by atoms with E-state index < -0.39 is 12.1 Å². The van der Waals surface area contributed by atoms with E-state index in [4.69, 9.17) is 4.74 Å². The van der Waals surface area contributed by atoms with Crippen LogP contribution < -0.4 is 5.32 Å². The Bertz CT molecular complexity index is 831. The molecular formula is C16H15N5O3S. The molecule has 128 valence electrons. The van der Waals surface area contributed by atoms with E-state index in [1.165, 1.54) is 17.9 Å². The Labute approximate surface area is 147 Å². The van der Waals surface area contributed by atoms with Crippen LogP contribution >= 0.6 is 11.3 Å². The second-order valence-electron chi connectivity index (χ2n) is 5.15. The molecule has 1 atom stereocenters. The van der Waals surface area contributed by atoms with Crippen molar-refractivity contribution in [1.29, 1.82) is 0 Å². The van der Waals surface area contributed by atoms with E-state index in [2.05, 4.69) is 20.8 Å². The molecule has 1 aromatic carbocycles. The van der Waals surface area contributed by atoms with Crippen molar-refractivity contribution in [1.82, 2.24) is 25.5 Å². The third kappa shape index (κ3) is 4.27. The van der Waals surface area contributed by atoms with Crippen molar-refractivity contribution in [2.45, 2.75) is 19.6 Å². The summed E-state index contributed by atoms with van der Waals surface area (Å²) < 4.78 is 6.67. The molecular weight excluding hydrogens is 342 g/mol. The molecule has 0 fully saturated rings. The van der Waals surface area contributed by atoms with Gasteiger partial charge in [0.25, 0.3) is 5.91 Å². The molecule has 0 aliphatic carbocycles. The number of aromatic nitrogens is 4. The van der Waals surface area contributed by atoms with Crippen LogP contribution in [-0.4, -0.2) is 38.2 Å². The van der Waals surface area contributed by atoms with Gasteiger partial charge in [0, 0.05) is 4.88 Å². The first-order valence-corrected chi connectivity index (χ1v) is 8.36. The van der Waals surface area contributed by atoms with Crippen LogP contribution in [0.2, 0.25) is 0 Å². The second kappa shape index (κ2) is 7.67. The predicted octanol–water partition coefficient (Wildman–Crippen LogP) is 1.59. The summed E-state index contributed by atoms with van der Waals surface area (Å²) in [7, 11) is 0. The van der Waals surface area contributed by atoms with Crippen molar-refractivity contribution in [3.05, 3.63) is 58.5 Å². The minimum Gasteiger partial charge on any atom is -0.449 e. The van der Waals surface area contributed by atoms with Gasteiger partial charge < -0.3 is 10.1 Å². The van der Waals surface area contributed by atoms with E-state index in [1.54, 1.807) is 35.6 Å². The molecule has 1 amide bonds. The minimum atomic E-state index is -0.883. The Morgan fingerprint density at radius 2 is 2.08 bits per heavy atom. The van der Waals surface area contributed by atoms with Gasteiger partial charge in [-0.2, -0.15) is 0 Å². The van der Waals surface area contributed by atoms with Crippen LogP contribution in [0.15, 0.2) is 48.1 Å². The fraction of sp³-hybridized carbons (Fsp3) is 0.188. The van der Waals surface area contributed by atoms with E-state index in [9.17, 15) is 9.59 Å². The number of carbonyl (C=O) groups excluding carboxylic acids is 2. The fourth-order valence-electron chi connectivity index (χ4n) is 2.04. The Morgan fingerprint density at radius 3 is 2.72 bits per heavy atom. The number of esters is 1. The largest absolute Gasteiger partial charge is 0.449 e. The topological polar surface area (TPSA) is 99.0 Å². The molecule has 2 aromatic heterocycles. The third-order valence-corrected chi connectivity index (χ3v) is 4.26. The smallest absolute Gasteiger partial charge is 0.338 e. The monoisotopic (exact) mass is 357 g/mol. The fourth-order valence-corrected chi connectivity index (χ4v) is 2.69. The van der Waals surface area contributed by atoms with Crippen LogP contribution in [0.3, 0.4) is 0 Å². The van der Waals surface area contributed by atoms with Gasteiger partial charge in [-0.3, -0.25) is 4.79 Å². The molecule has 0 unspecified atom stereocenters. The number of carbonyl (C=O) groups is 2. The van der Waals surface area contributed by atoms with Gasteiger partial charge in [-0.05, 0) is 53.1 Å². The lowest BCUT2D eigenvalue weighted by Gasteiger charge is -2.13. The normalized spacial score (nSPS) is 11.7. The average molecular weight is 357 g/mol. The summed E-state index contributed by atoms with van der Waals surface area (Å²) in [4.78, 5) is 25.2. The Hall–Kier alpha value is -3.07. The lowest BCUT2D eigenvalue weighted by molar-refractivity contribution is -0.129. The summed E-state index contributed by atoms with van der Waals surface area (Å²) in [6.45, 7) is 1.95. The zero-order valence-electron chi connectivity index (χ0n) is 13.3. The first kappa shape index (κ1) is 16.8. The molecule has 0 bridgehead atoms. The maximum atomic E-state index is 12.1. The van der Waals surface area contributed by atoms with Gasteiger partial charge >= 0.3 is 5.97 Å². The first-order chi connectivity index (χ1) is 12.1. The van der Waals surface area contributed by atoms with E-state index in [0.717, 1.165) is 4.88 Å². The number of ether oxygens (including phenoxy) is 1. The summed E-state index contributed by atoms with van der Waals surface area (Å²) in [5, 5.41) is 15.5. The highest BCUT2D eigenvalue weighted by atomic mass is 32.1. The molecule has 0 saturated carbocycles. The molecule has 3 rings (SSSR count). The number of tetrazole rings is 1. The highest BCUT2D eigenvalue weighted by Crippen LogP contribution is 2.11. The van der Waals surface area contributed by atoms with Crippen LogP contribution in [0.5, 0.6) is 0 Å². The quantitative estimate of drug-likeness (QED) is 0.673. The lowest BCUT2D eigenvalue weighted by atomic mass is 10.2.